The maximum Gasteiger partial charge on any atom is 0.236 e. The number of carbonyl (C=O) groups excluding carboxylic acids is 1. The average molecular weight is 283 g/mol. The minimum absolute atomic E-state index is 0.313. The molecular formula is C16H33N3O. The Morgan fingerprint density at radius 3 is 2.00 bits per heavy atom. The van der Waals surface area contributed by atoms with Crippen molar-refractivity contribution in [3.8, 4) is 0 Å². The summed E-state index contributed by atoms with van der Waals surface area (Å²) < 4.78 is 0. The van der Waals surface area contributed by atoms with Gasteiger partial charge in [0.05, 0.1) is 6.54 Å². The Hall–Kier alpha value is -0.610. The van der Waals surface area contributed by atoms with Crippen molar-refractivity contribution in [3.05, 3.63) is 0 Å². The van der Waals surface area contributed by atoms with Gasteiger partial charge < -0.3 is 10.2 Å². The van der Waals surface area contributed by atoms with Crippen LogP contribution in [0.4, 0.5) is 0 Å². The standard InChI is InChI=1S/C16H33N3O/c1-14(2)5-9-19(10-6-15(3)4)16(20)13-18-11-7-17-8-12-18/h14-15,17H,5-13H2,1-4H3. The molecule has 1 saturated heterocycles. The summed E-state index contributed by atoms with van der Waals surface area (Å²) in [5.41, 5.74) is 0. The van der Waals surface area contributed by atoms with Crippen LogP contribution in [0.15, 0.2) is 0 Å². The summed E-state index contributed by atoms with van der Waals surface area (Å²) >= 11 is 0. The molecule has 4 nitrogen and oxygen atoms in total. The molecular weight excluding hydrogens is 250 g/mol. The molecule has 1 N–H and O–H groups in total. The van der Waals surface area contributed by atoms with Crippen LogP contribution in [0.25, 0.3) is 0 Å². The summed E-state index contributed by atoms with van der Waals surface area (Å²) in [6.07, 6.45) is 2.21. The molecule has 0 aromatic heterocycles. The van der Waals surface area contributed by atoms with Gasteiger partial charge in [-0.3, -0.25) is 9.69 Å². The smallest absolute Gasteiger partial charge is 0.236 e. The van der Waals surface area contributed by atoms with Crippen molar-refractivity contribution in [3.63, 3.8) is 0 Å². The number of nitrogens with zero attached hydrogens (tertiary/aromatic N) is 2. The van der Waals surface area contributed by atoms with Gasteiger partial charge in [-0.2, -0.15) is 0 Å². The second-order valence-electron chi connectivity index (χ2n) is 6.77. The van der Waals surface area contributed by atoms with Crippen LogP contribution in [0.1, 0.15) is 40.5 Å². The molecule has 20 heavy (non-hydrogen) atoms. The van der Waals surface area contributed by atoms with E-state index in [1.54, 1.807) is 0 Å². The normalized spacial score (nSPS) is 16.9. The van der Waals surface area contributed by atoms with Gasteiger partial charge in [0.1, 0.15) is 0 Å². The summed E-state index contributed by atoms with van der Waals surface area (Å²) in [6, 6.07) is 0. The molecule has 0 spiro atoms. The van der Waals surface area contributed by atoms with Crippen LogP contribution in [-0.2, 0) is 4.79 Å². The molecule has 0 saturated carbocycles. The summed E-state index contributed by atoms with van der Waals surface area (Å²) in [6.45, 7) is 15.3. The minimum Gasteiger partial charge on any atom is -0.342 e. The number of hydrogen-bond acceptors (Lipinski definition) is 3. The van der Waals surface area contributed by atoms with Gasteiger partial charge in [0.15, 0.2) is 0 Å². The Kier molecular flexibility index (Phi) is 8.15. The van der Waals surface area contributed by atoms with E-state index >= 15 is 0 Å². The van der Waals surface area contributed by atoms with Crippen LogP contribution in [0.5, 0.6) is 0 Å². The number of rotatable bonds is 8. The monoisotopic (exact) mass is 283 g/mol. The fourth-order valence-corrected chi connectivity index (χ4v) is 2.35. The number of carbonyl (C=O) groups is 1. The maximum absolute atomic E-state index is 12.5. The zero-order chi connectivity index (χ0) is 15.0. The second-order valence-corrected chi connectivity index (χ2v) is 6.77. The maximum atomic E-state index is 12.5. The Bertz CT molecular complexity index is 261. The molecule has 1 fully saturated rings. The van der Waals surface area contributed by atoms with Crippen LogP contribution in [0.2, 0.25) is 0 Å². The largest absolute Gasteiger partial charge is 0.342 e. The first-order valence-electron chi connectivity index (χ1n) is 8.20. The van der Waals surface area contributed by atoms with Gasteiger partial charge in [-0.1, -0.05) is 27.7 Å². The quantitative estimate of drug-likeness (QED) is 0.738. The van der Waals surface area contributed by atoms with E-state index in [1.165, 1.54) is 0 Å². The van der Waals surface area contributed by atoms with E-state index in [0.29, 0.717) is 24.3 Å². The van der Waals surface area contributed by atoms with Crippen molar-refractivity contribution in [1.82, 2.24) is 15.1 Å². The van der Waals surface area contributed by atoms with E-state index in [-0.39, 0.29) is 0 Å². The summed E-state index contributed by atoms with van der Waals surface area (Å²) in [5.74, 6) is 1.63. The molecule has 4 heteroatoms. The van der Waals surface area contributed by atoms with Crippen LogP contribution < -0.4 is 5.32 Å². The third kappa shape index (κ3) is 7.25. The van der Waals surface area contributed by atoms with Crippen molar-refractivity contribution in [2.45, 2.75) is 40.5 Å². The Morgan fingerprint density at radius 2 is 1.55 bits per heavy atom. The van der Waals surface area contributed by atoms with Crippen molar-refractivity contribution in [1.29, 1.82) is 0 Å². The summed E-state index contributed by atoms with van der Waals surface area (Å²) in [7, 11) is 0. The van der Waals surface area contributed by atoms with E-state index in [0.717, 1.165) is 52.1 Å². The van der Waals surface area contributed by atoms with E-state index in [4.69, 9.17) is 0 Å². The van der Waals surface area contributed by atoms with Crippen LogP contribution >= 0.6 is 0 Å². The average Bonchev–Trinajstić information content (AvgIpc) is 2.39. The molecule has 0 aromatic rings. The van der Waals surface area contributed by atoms with Gasteiger partial charge in [-0.15, -0.1) is 0 Å². The molecule has 0 bridgehead atoms. The molecule has 0 radical (unpaired) electrons. The molecule has 0 unspecified atom stereocenters. The lowest BCUT2D eigenvalue weighted by Crippen LogP contribution is -2.48. The topological polar surface area (TPSA) is 35.6 Å². The highest BCUT2D eigenvalue weighted by atomic mass is 16.2. The highest BCUT2D eigenvalue weighted by Crippen LogP contribution is 2.08. The lowest BCUT2D eigenvalue weighted by Gasteiger charge is -2.30. The molecule has 0 aliphatic carbocycles. The SMILES string of the molecule is CC(C)CCN(CCC(C)C)C(=O)CN1CCNCC1. The summed E-state index contributed by atoms with van der Waals surface area (Å²) in [4.78, 5) is 16.9. The lowest BCUT2D eigenvalue weighted by atomic mass is 10.1. The van der Waals surface area contributed by atoms with Crippen molar-refractivity contribution in [2.24, 2.45) is 11.8 Å². The van der Waals surface area contributed by atoms with E-state index in [9.17, 15) is 4.79 Å². The second kappa shape index (κ2) is 9.35. The van der Waals surface area contributed by atoms with Crippen LogP contribution in [-0.4, -0.2) is 61.5 Å². The Morgan fingerprint density at radius 1 is 1.05 bits per heavy atom. The molecule has 1 aliphatic rings. The predicted octanol–water partition coefficient (Wildman–Crippen LogP) is 1.81. The van der Waals surface area contributed by atoms with E-state index in [2.05, 4.69) is 42.8 Å². The molecule has 1 rings (SSSR count). The zero-order valence-electron chi connectivity index (χ0n) is 13.8. The molecule has 118 valence electrons. The van der Waals surface area contributed by atoms with Gasteiger partial charge in [0, 0.05) is 39.3 Å². The lowest BCUT2D eigenvalue weighted by molar-refractivity contribution is -0.132. The number of amides is 1. The van der Waals surface area contributed by atoms with Gasteiger partial charge in [-0.05, 0) is 24.7 Å². The Labute approximate surface area is 124 Å². The number of piperazine rings is 1. The van der Waals surface area contributed by atoms with Crippen molar-refractivity contribution >= 4 is 5.91 Å². The van der Waals surface area contributed by atoms with E-state index in [1.807, 2.05) is 0 Å². The van der Waals surface area contributed by atoms with Crippen molar-refractivity contribution < 1.29 is 4.79 Å². The molecule has 1 aliphatic heterocycles. The number of nitrogens with one attached hydrogen (secondary N) is 1. The van der Waals surface area contributed by atoms with Gasteiger partial charge in [-0.25, -0.2) is 0 Å². The zero-order valence-corrected chi connectivity index (χ0v) is 13.8. The Balaban J connectivity index is 2.43. The summed E-state index contributed by atoms with van der Waals surface area (Å²) in [5, 5.41) is 3.33. The fraction of sp³-hybridized carbons (Fsp3) is 0.938. The molecule has 0 atom stereocenters. The van der Waals surface area contributed by atoms with Gasteiger partial charge >= 0.3 is 0 Å². The van der Waals surface area contributed by atoms with Gasteiger partial charge in [0.25, 0.3) is 0 Å². The molecule has 1 amide bonds. The third-order valence-corrected chi connectivity index (χ3v) is 3.87. The number of hydrogen-bond donors (Lipinski definition) is 1. The molecule has 0 aromatic carbocycles. The molecule has 1 heterocycles. The highest BCUT2D eigenvalue weighted by Gasteiger charge is 2.19. The first-order valence-corrected chi connectivity index (χ1v) is 8.20. The predicted molar refractivity (Wildman–Crippen MR) is 84.8 cm³/mol. The fourth-order valence-electron chi connectivity index (χ4n) is 2.35. The third-order valence-electron chi connectivity index (χ3n) is 3.87. The highest BCUT2D eigenvalue weighted by molar-refractivity contribution is 5.78. The van der Waals surface area contributed by atoms with Crippen LogP contribution in [0, 0.1) is 11.8 Å². The van der Waals surface area contributed by atoms with Crippen LogP contribution in [0.3, 0.4) is 0 Å². The van der Waals surface area contributed by atoms with Gasteiger partial charge in [0.2, 0.25) is 5.91 Å². The first-order chi connectivity index (χ1) is 9.49. The first kappa shape index (κ1) is 17.4. The minimum atomic E-state index is 0.313. The van der Waals surface area contributed by atoms with E-state index < -0.39 is 0 Å². The van der Waals surface area contributed by atoms with Crippen molar-refractivity contribution in [2.75, 3.05) is 45.8 Å².